The summed E-state index contributed by atoms with van der Waals surface area (Å²) in [6, 6.07) is 14.1. The van der Waals surface area contributed by atoms with Crippen molar-refractivity contribution in [1.29, 1.82) is 0 Å². The van der Waals surface area contributed by atoms with E-state index in [2.05, 4.69) is 46.6 Å². The number of pyridine rings is 1. The number of anilines is 1. The number of nitrogens with zero attached hydrogens (tertiary/aromatic N) is 2. The zero-order chi connectivity index (χ0) is 24.5. The van der Waals surface area contributed by atoms with E-state index in [0.717, 1.165) is 33.2 Å². The number of aliphatic imine (C=N–C) groups is 1. The number of rotatable bonds is 8. The van der Waals surface area contributed by atoms with Gasteiger partial charge >= 0.3 is 0 Å². The van der Waals surface area contributed by atoms with Crippen molar-refractivity contribution in [2.75, 3.05) is 11.9 Å². The molecule has 1 aromatic carbocycles. The average Bonchev–Trinajstić information content (AvgIpc) is 2.79. The summed E-state index contributed by atoms with van der Waals surface area (Å²) >= 11 is 5.13. The molecule has 5 heteroatoms. The number of halogens is 1. The van der Waals surface area contributed by atoms with Crippen LogP contribution < -0.4 is 15.9 Å². The molecule has 0 aliphatic heterocycles. The van der Waals surface area contributed by atoms with E-state index in [9.17, 15) is 0 Å². The molecule has 0 unspecified atom stereocenters. The molecular formula is C28H34ClN3O. The number of hydrogen-bond acceptors (Lipinski definition) is 3. The molecule has 0 spiro atoms. The van der Waals surface area contributed by atoms with Gasteiger partial charge in [-0.05, 0) is 56.7 Å². The highest BCUT2D eigenvalue weighted by Gasteiger charge is 2.05. The highest BCUT2D eigenvalue weighted by atomic mass is 35.5. The Kier molecular flexibility index (Phi) is 13.9. The zero-order valence-electron chi connectivity index (χ0n) is 20.0. The second-order valence-corrected chi connectivity index (χ2v) is 7.61. The Morgan fingerprint density at radius 3 is 2.48 bits per heavy atom. The summed E-state index contributed by atoms with van der Waals surface area (Å²) in [5.74, 6) is 0.860. The number of allylic oxidation sites excluding steroid dienone is 4. The fourth-order valence-electron chi connectivity index (χ4n) is 2.58. The van der Waals surface area contributed by atoms with E-state index in [4.69, 9.17) is 11.9 Å². The molecular weight excluding hydrogens is 430 g/mol. The summed E-state index contributed by atoms with van der Waals surface area (Å²) in [5, 5.41) is 5.13. The maximum atomic E-state index is 5.13. The van der Waals surface area contributed by atoms with Crippen molar-refractivity contribution >= 4 is 36.0 Å². The van der Waals surface area contributed by atoms with E-state index in [1.165, 1.54) is 0 Å². The quantitative estimate of drug-likeness (QED) is 0.297. The molecule has 2 aromatic rings. The van der Waals surface area contributed by atoms with E-state index in [-0.39, 0.29) is 6.04 Å². The monoisotopic (exact) mass is 463 g/mol. The Balaban J connectivity index is 0.000000346. The van der Waals surface area contributed by atoms with Crippen LogP contribution in [-0.4, -0.2) is 23.5 Å². The van der Waals surface area contributed by atoms with Crippen LogP contribution in [0.3, 0.4) is 0 Å². The minimum Gasteiger partial charge on any atom is -0.340 e. The first-order chi connectivity index (χ1) is 15.9. The highest BCUT2D eigenvalue weighted by molar-refractivity contribution is 6.10. The van der Waals surface area contributed by atoms with E-state index in [1.54, 1.807) is 12.3 Å². The predicted octanol–water partition coefficient (Wildman–Crippen LogP) is 5.98. The van der Waals surface area contributed by atoms with Gasteiger partial charge in [-0.1, -0.05) is 73.9 Å². The first-order valence-electron chi connectivity index (χ1n) is 10.8. The summed E-state index contributed by atoms with van der Waals surface area (Å²) in [6.45, 7) is 16.1. The molecule has 0 saturated carbocycles. The first kappa shape index (κ1) is 27.8. The Hall–Kier alpha value is -3.21. The van der Waals surface area contributed by atoms with Gasteiger partial charge < -0.3 is 5.32 Å². The van der Waals surface area contributed by atoms with Crippen molar-refractivity contribution in [3.63, 3.8) is 0 Å². The third-order valence-corrected chi connectivity index (χ3v) is 4.21. The van der Waals surface area contributed by atoms with Gasteiger partial charge in [0, 0.05) is 23.5 Å². The smallest absolute Gasteiger partial charge is 0.132 e. The van der Waals surface area contributed by atoms with Crippen molar-refractivity contribution in [2.45, 2.75) is 33.7 Å². The van der Waals surface area contributed by atoms with E-state index in [1.807, 2.05) is 86.7 Å². The SMILES string of the molecule is C=C/C=C(\C=C/C)C(=NC(C)C)Nc1ccccc1.C=c1nccc/c1=C/C=C(/C)COCl. The number of aromatic nitrogens is 1. The fraction of sp³-hybridized carbons (Fsp3) is 0.214. The average molecular weight is 464 g/mol. The molecule has 0 aliphatic carbocycles. The third kappa shape index (κ3) is 11.8. The maximum absolute atomic E-state index is 5.13. The van der Waals surface area contributed by atoms with Crippen LogP contribution in [0, 0.1) is 0 Å². The van der Waals surface area contributed by atoms with Crippen LogP contribution in [0.1, 0.15) is 27.7 Å². The largest absolute Gasteiger partial charge is 0.340 e. The van der Waals surface area contributed by atoms with Crippen molar-refractivity contribution < 1.29 is 4.29 Å². The molecule has 1 aromatic heterocycles. The third-order valence-electron chi connectivity index (χ3n) is 4.10. The highest BCUT2D eigenvalue weighted by Crippen LogP contribution is 2.11. The van der Waals surface area contributed by atoms with Crippen molar-refractivity contribution in [2.24, 2.45) is 4.99 Å². The molecule has 0 saturated heterocycles. The molecule has 4 nitrogen and oxygen atoms in total. The van der Waals surface area contributed by atoms with Crippen LogP contribution in [0.25, 0.3) is 12.7 Å². The van der Waals surface area contributed by atoms with Gasteiger partial charge in [-0.2, -0.15) is 0 Å². The maximum Gasteiger partial charge on any atom is 0.132 e. The lowest BCUT2D eigenvalue weighted by Crippen LogP contribution is -2.25. The molecule has 0 fully saturated rings. The number of hydrogen-bond donors (Lipinski definition) is 1. The number of nitrogens with one attached hydrogen (secondary N) is 1. The lowest BCUT2D eigenvalue weighted by molar-refractivity contribution is 0.391. The Bertz CT molecular complexity index is 1080. The summed E-state index contributed by atoms with van der Waals surface area (Å²) in [4.78, 5) is 8.72. The summed E-state index contributed by atoms with van der Waals surface area (Å²) in [6.07, 6.45) is 13.4. The first-order valence-corrected chi connectivity index (χ1v) is 11.1. The Morgan fingerprint density at radius 2 is 1.91 bits per heavy atom. The number of para-hydroxylation sites is 1. The molecule has 33 heavy (non-hydrogen) atoms. The predicted molar refractivity (Wildman–Crippen MR) is 145 cm³/mol. The van der Waals surface area contributed by atoms with Crippen LogP contribution in [0.2, 0.25) is 0 Å². The second kappa shape index (κ2) is 16.4. The summed E-state index contributed by atoms with van der Waals surface area (Å²) < 4.78 is 4.47. The zero-order valence-corrected chi connectivity index (χ0v) is 20.7. The molecule has 0 bridgehead atoms. The van der Waals surface area contributed by atoms with Gasteiger partial charge in [-0.15, -0.1) is 0 Å². The minimum absolute atomic E-state index is 0.227. The van der Waals surface area contributed by atoms with Gasteiger partial charge in [0.25, 0.3) is 0 Å². The van der Waals surface area contributed by atoms with Gasteiger partial charge in [-0.25, -0.2) is 0 Å². The second-order valence-electron chi connectivity index (χ2n) is 7.39. The molecule has 1 N–H and O–H groups in total. The Labute approximate surface area is 203 Å². The molecule has 0 radical (unpaired) electrons. The van der Waals surface area contributed by atoms with Gasteiger partial charge in [0.2, 0.25) is 0 Å². The number of amidine groups is 1. The van der Waals surface area contributed by atoms with E-state index < -0.39 is 0 Å². The number of benzene rings is 1. The lowest BCUT2D eigenvalue weighted by Gasteiger charge is -2.12. The molecule has 0 aliphatic rings. The van der Waals surface area contributed by atoms with Crippen LogP contribution >= 0.6 is 11.9 Å². The van der Waals surface area contributed by atoms with Crippen molar-refractivity contribution in [3.05, 3.63) is 107 Å². The fourth-order valence-corrected chi connectivity index (χ4v) is 2.76. The van der Waals surface area contributed by atoms with Gasteiger partial charge in [0.05, 0.1) is 23.8 Å². The minimum atomic E-state index is 0.227. The van der Waals surface area contributed by atoms with E-state index >= 15 is 0 Å². The van der Waals surface area contributed by atoms with Gasteiger partial charge in [-0.3, -0.25) is 14.3 Å². The Morgan fingerprint density at radius 1 is 1.18 bits per heavy atom. The standard InChI is InChI=1S/C17H22N2.C11H12ClNO/c1-5-10-15(11-6-2)17(18-14(3)4)19-16-12-8-7-9-13-16;1-9(8-14-12)5-6-11-4-3-7-13-10(11)2/h5-14H,1H2,2-4H3,(H,18,19);3-7H,2,8H2,1H3/b11-6-,15-10+;9-5-,11-6-. The van der Waals surface area contributed by atoms with Crippen LogP contribution in [-0.2, 0) is 4.29 Å². The van der Waals surface area contributed by atoms with Gasteiger partial charge in [0.15, 0.2) is 0 Å². The van der Waals surface area contributed by atoms with Crippen LogP contribution in [0.15, 0.2) is 102 Å². The van der Waals surface area contributed by atoms with Crippen LogP contribution in [0.5, 0.6) is 0 Å². The molecule has 1 heterocycles. The molecule has 174 valence electrons. The van der Waals surface area contributed by atoms with Gasteiger partial charge in [0.1, 0.15) is 5.84 Å². The van der Waals surface area contributed by atoms with Crippen LogP contribution in [0.4, 0.5) is 5.69 Å². The normalized spacial score (nSPS) is 13.2. The summed E-state index contributed by atoms with van der Waals surface area (Å²) in [7, 11) is 0. The topological polar surface area (TPSA) is 46.5 Å². The lowest BCUT2D eigenvalue weighted by atomic mass is 10.2. The van der Waals surface area contributed by atoms with Crippen molar-refractivity contribution in [3.8, 4) is 0 Å². The molecule has 2 rings (SSSR count). The van der Waals surface area contributed by atoms with Crippen molar-refractivity contribution in [1.82, 2.24) is 4.98 Å². The molecule has 0 amide bonds. The summed E-state index contributed by atoms with van der Waals surface area (Å²) in [5.41, 5.74) is 3.10. The van der Waals surface area contributed by atoms with E-state index in [0.29, 0.717) is 6.61 Å². The molecule has 0 atom stereocenters.